The highest BCUT2D eigenvalue weighted by Gasteiger charge is 2.07. The topological polar surface area (TPSA) is 43.1 Å². The molecule has 0 atom stereocenters. The van der Waals surface area contributed by atoms with Gasteiger partial charge in [-0.15, -0.1) is 0 Å². The van der Waals surface area contributed by atoms with E-state index in [2.05, 4.69) is 0 Å². The van der Waals surface area contributed by atoms with Crippen LogP contribution in [0.3, 0.4) is 0 Å². The summed E-state index contributed by atoms with van der Waals surface area (Å²) >= 11 is 5.97. The summed E-state index contributed by atoms with van der Waals surface area (Å²) < 4.78 is 0. The summed E-state index contributed by atoms with van der Waals surface area (Å²) in [7, 11) is 0. The van der Waals surface area contributed by atoms with Crippen molar-refractivity contribution in [3.05, 3.63) is 59.1 Å². The van der Waals surface area contributed by atoms with E-state index in [0.29, 0.717) is 10.6 Å². The van der Waals surface area contributed by atoms with Crippen LogP contribution in [0.4, 0.5) is 0 Å². The largest absolute Gasteiger partial charge is 0.366 e. The fourth-order valence-corrected chi connectivity index (χ4v) is 1.80. The summed E-state index contributed by atoms with van der Waals surface area (Å²) in [6.45, 7) is 0. The van der Waals surface area contributed by atoms with Crippen molar-refractivity contribution in [1.82, 2.24) is 0 Å². The summed E-state index contributed by atoms with van der Waals surface area (Å²) in [6.07, 6.45) is 0. The average Bonchev–Trinajstić information content (AvgIpc) is 2.29. The molecule has 2 nitrogen and oxygen atoms in total. The third-order valence-corrected chi connectivity index (χ3v) is 2.65. The van der Waals surface area contributed by atoms with Crippen molar-refractivity contribution in [3.8, 4) is 11.1 Å². The van der Waals surface area contributed by atoms with E-state index in [1.54, 1.807) is 12.1 Å². The molecule has 2 N–H and O–H groups in total. The molecule has 0 unspecified atom stereocenters. The lowest BCUT2D eigenvalue weighted by atomic mass is 10.0. The lowest BCUT2D eigenvalue weighted by molar-refractivity contribution is 0.100. The fourth-order valence-electron chi connectivity index (χ4n) is 1.53. The number of halogens is 1. The maximum absolute atomic E-state index is 11.0. The first-order chi connectivity index (χ1) is 7.68. The second-order valence-electron chi connectivity index (χ2n) is 3.42. The van der Waals surface area contributed by atoms with Crippen LogP contribution in [0.25, 0.3) is 11.1 Å². The minimum absolute atomic E-state index is 0.348. The number of carbonyl (C=O) groups is 1. The molecule has 0 heterocycles. The van der Waals surface area contributed by atoms with Gasteiger partial charge in [-0.05, 0) is 23.3 Å². The van der Waals surface area contributed by atoms with Crippen molar-refractivity contribution in [1.29, 1.82) is 0 Å². The highest BCUT2D eigenvalue weighted by molar-refractivity contribution is 6.34. The summed E-state index contributed by atoms with van der Waals surface area (Å²) in [5, 5.41) is 0.383. The summed E-state index contributed by atoms with van der Waals surface area (Å²) in [4.78, 5) is 11.0. The van der Waals surface area contributed by atoms with Crippen LogP contribution >= 0.6 is 11.6 Å². The van der Waals surface area contributed by atoms with Crippen LogP contribution < -0.4 is 5.73 Å². The van der Waals surface area contributed by atoms with Crippen LogP contribution in [0.15, 0.2) is 48.5 Å². The molecule has 2 aromatic rings. The number of primary amides is 1. The predicted molar refractivity (Wildman–Crippen MR) is 65.4 cm³/mol. The molecule has 0 aliphatic carbocycles. The minimum atomic E-state index is -0.510. The Bertz CT molecular complexity index is 523. The molecule has 0 saturated heterocycles. The lowest BCUT2D eigenvalue weighted by Crippen LogP contribution is -2.11. The van der Waals surface area contributed by atoms with E-state index in [0.717, 1.165) is 11.1 Å². The van der Waals surface area contributed by atoms with E-state index in [9.17, 15) is 4.79 Å². The zero-order chi connectivity index (χ0) is 11.5. The molecule has 0 aliphatic heterocycles. The molecule has 0 radical (unpaired) electrons. The number of benzene rings is 2. The van der Waals surface area contributed by atoms with Crippen LogP contribution in [0, 0.1) is 0 Å². The van der Waals surface area contributed by atoms with Crippen LogP contribution in [0.1, 0.15) is 10.4 Å². The van der Waals surface area contributed by atoms with Crippen LogP contribution in [0.2, 0.25) is 5.02 Å². The first-order valence-corrected chi connectivity index (χ1v) is 5.21. The molecule has 16 heavy (non-hydrogen) atoms. The molecule has 0 aromatic heterocycles. The number of carbonyl (C=O) groups excluding carboxylic acids is 1. The first kappa shape index (κ1) is 10.7. The maximum Gasteiger partial charge on any atom is 0.250 e. The summed E-state index contributed by atoms with van der Waals surface area (Å²) in [5.74, 6) is -0.510. The number of hydrogen-bond acceptors (Lipinski definition) is 1. The zero-order valence-corrected chi connectivity index (χ0v) is 9.24. The van der Waals surface area contributed by atoms with Crippen LogP contribution in [-0.4, -0.2) is 5.91 Å². The van der Waals surface area contributed by atoms with Gasteiger partial charge in [0, 0.05) is 0 Å². The van der Waals surface area contributed by atoms with Gasteiger partial charge in [0.05, 0.1) is 10.6 Å². The number of amides is 1. The van der Waals surface area contributed by atoms with E-state index in [4.69, 9.17) is 17.3 Å². The monoisotopic (exact) mass is 231 g/mol. The van der Waals surface area contributed by atoms with Crippen molar-refractivity contribution in [2.45, 2.75) is 0 Å². The van der Waals surface area contributed by atoms with Crippen molar-refractivity contribution < 1.29 is 4.79 Å². The van der Waals surface area contributed by atoms with Crippen molar-refractivity contribution >= 4 is 17.5 Å². The van der Waals surface area contributed by atoms with Gasteiger partial charge >= 0.3 is 0 Å². The summed E-state index contributed by atoms with van der Waals surface area (Å²) in [5.41, 5.74) is 7.55. The molecule has 2 rings (SSSR count). The Kier molecular flexibility index (Phi) is 2.93. The van der Waals surface area contributed by atoms with Gasteiger partial charge in [0.1, 0.15) is 0 Å². The Hall–Kier alpha value is -1.80. The second kappa shape index (κ2) is 4.37. The molecule has 0 saturated carbocycles. The van der Waals surface area contributed by atoms with Gasteiger partial charge in [-0.1, -0.05) is 48.0 Å². The van der Waals surface area contributed by atoms with Gasteiger partial charge < -0.3 is 5.73 Å². The van der Waals surface area contributed by atoms with Crippen LogP contribution in [0.5, 0.6) is 0 Å². The third kappa shape index (κ3) is 2.07. The molecular formula is C13H10ClNO. The molecule has 0 fully saturated rings. The Morgan fingerprint density at radius 1 is 1.00 bits per heavy atom. The van der Waals surface area contributed by atoms with Gasteiger partial charge in [0.25, 0.3) is 0 Å². The highest BCUT2D eigenvalue weighted by Crippen LogP contribution is 2.25. The number of rotatable bonds is 2. The average molecular weight is 232 g/mol. The molecule has 0 bridgehead atoms. The Morgan fingerprint density at radius 2 is 1.69 bits per heavy atom. The third-order valence-electron chi connectivity index (χ3n) is 2.34. The fraction of sp³-hybridized carbons (Fsp3) is 0. The van der Waals surface area contributed by atoms with Crippen molar-refractivity contribution in [2.75, 3.05) is 0 Å². The van der Waals surface area contributed by atoms with E-state index in [-0.39, 0.29) is 0 Å². The van der Waals surface area contributed by atoms with Crippen molar-refractivity contribution in [3.63, 3.8) is 0 Å². The van der Waals surface area contributed by atoms with Gasteiger partial charge in [-0.3, -0.25) is 4.79 Å². The SMILES string of the molecule is NC(=O)c1ccc(-c2ccccc2)cc1Cl. The molecule has 0 spiro atoms. The lowest BCUT2D eigenvalue weighted by Gasteiger charge is -2.04. The first-order valence-electron chi connectivity index (χ1n) is 4.83. The van der Waals surface area contributed by atoms with Gasteiger partial charge in [-0.25, -0.2) is 0 Å². The number of hydrogen-bond donors (Lipinski definition) is 1. The van der Waals surface area contributed by atoms with E-state index in [1.807, 2.05) is 36.4 Å². The Morgan fingerprint density at radius 3 is 2.25 bits per heavy atom. The Balaban J connectivity index is 2.46. The van der Waals surface area contributed by atoms with Crippen molar-refractivity contribution in [2.24, 2.45) is 5.73 Å². The van der Waals surface area contributed by atoms with E-state index >= 15 is 0 Å². The maximum atomic E-state index is 11.0. The molecule has 3 heteroatoms. The molecule has 1 amide bonds. The highest BCUT2D eigenvalue weighted by atomic mass is 35.5. The second-order valence-corrected chi connectivity index (χ2v) is 3.83. The quantitative estimate of drug-likeness (QED) is 0.848. The normalized spacial score (nSPS) is 10.1. The van der Waals surface area contributed by atoms with Gasteiger partial charge in [0.15, 0.2) is 0 Å². The predicted octanol–water partition coefficient (Wildman–Crippen LogP) is 3.11. The van der Waals surface area contributed by atoms with Gasteiger partial charge in [-0.2, -0.15) is 0 Å². The van der Waals surface area contributed by atoms with Crippen LogP contribution in [-0.2, 0) is 0 Å². The zero-order valence-electron chi connectivity index (χ0n) is 8.48. The smallest absolute Gasteiger partial charge is 0.250 e. The summed E-state index contributed by atoms with van der Waals surface area (Å²) in [6, 6.07) is 15.0. The standard InChI is InChI=1S/C13H10ClNO/c14-12-8-10(6-7-11(12)13(15)16)9-4-2-1-3-5-9/h1-8H,(H2,15,16). The molecular weight excluding hydrogens is 222 g/mol. The Labute approximate surface area is 98.7 Å². The minimum Gasteiger partial charge on any atom is -0.366 e. The van der Waals surface area contributed by atoms with E-state index in [1.165, 1.54) is 0 Å². The molecule has 2 aromatic carbocycles. The van der Waals surface area contributed by atoms with E-state index < -0.39 is 5.91 Å². The molecule has 0 aliphatic rings. The molecule has 80 valence electrons. The van der Waals surface area contributed by atoms with Gasteiger partial charge in [0.2, 0.25) is 5.91 Å². The number of nitrogens with two attached hydrogens (primary N) is 1.